The predicted molar refractivity (Wildman–Crippen MR) is 127 cm³/mol. The highest BCUT2D eigenvalue weighted by molar-refractivity contribution is 7.99. The Labute approximate surface area is 200 Å². The minimum absolute atomic E-state index is 0.0304. The number of hydrogen-bond acceptors (Lipinski definition) is 5. The van der Waals surface area contributed by atoms with Gasteiger partial charge in [0.1, 0.15) is 23.2 Å². The van der Waals surface area contributed by atoms with E-state index in [2.05, 4.69) is 15.5 Å². The summed E-state index contributed by atoms with van der Waals surface area (Å²) in [7, 11) is 0. The van der Waals surface area contributed by atoms with E-state index in [-0.39, 0.29) is 11.4 Å². The minimum Gasteiger partial charge on any atom is -0.494 e. The van der Waals surface area contributed by atoms with Crippen LogP contribution in [0.4, 0.5) is 14.5 Å². The molecule has 1 amide bonds. The van der Waals surface area contributed by atoms with Gasteiger partial charge in [0.05, 0.1) is 18.0 Å². The van der Waals surface area contributed by atoms with Gasteiger partial charge in [-0.05, 0) is 48.9 Å². The first-order chi connectivity index (χ1) is 16.5. The number of benzene rings is 3. The molecule has 4 aromatic rings. The molecule has 0 bridgehead atoms. The Morgan fingerprint density at radius 3 is 2.50 bits per heavy atom. The van der Waals surface area contributed by atoms with E-state index in [0.717, 1.165) is 29.1 Å². The molecule has 9 heteroatoms. The Balaban J connectivity index is 1.55. The van der Waals surface area contributed by atoms with E-state index in [4.69, 9.17) is 4.74 Å². The maximum absolute atomic E-state index is 13.9. The van der Waals surface area contributed by atoms with E-state index < -0.39 is 17.5 Å². The molecule has 1 N–H and O–H groups in total. The van der Waals surface area contributed by atoms with Crippen LogP contribution in [-0.2, 0) is 11.2 Å². The first-order valence-electron chi connectivity index (χ1n) is 10.6. The van der Waals surface area contributed by atoms with Crippen molar-refractivity contribution in [3.63, 3.8) is 0 Å². The quantitative estimate of drug-likeness (QED) is 0.331. The zero-order valence-corrected chi connectivity index (χ0v) is 19.2. The number of halogens is 2. The first-order valence-corrected chi connectivity index (χ1v) is 11.6. The fourth-order valence-electron chi connectivity index (χ4n) is 3.31. The molecule has 0 saturated heterocycles. The molecule has 3 aromatic carbocycles. The number of nitrogens with zero attached hydrogens (tertiary/aromatic N) is 3. The third-order valence-electron chi connectivity index (χ3n) is 4.85. The van der Waals surface area contributed by atoms with Crippen molar-refractivity contribution >= 4 is 23.4 Å². The standard InChI is InChI=1S/C25H22F2N4O2S/c1-2-33-20-11-9-19(10-12-20)31-23(14-17-6-4-3-5-7-17)29-30-25(31)34-16-24(32)28-22-13-8-18(26)15-21(22)27/h3-13,15H,2,14,16H2,1H3,(H,28,32). The molecule has 0 atom stereocenters. The fourth-order valence-corrected chi connectivity index (χ4v) is 4.08. The Morgan fingerprint density at radius 2 is 1.79 bits per heavy atom. The van der Waals surface area contributed by atoms with Crippen LogP contribution in [0.2, 0.25) is 0 Å². The Bertz CT molecular complexity index is 1260. The van der Waals surface area contributed by atoms with Crippen molar-refractivity contribution in [1.29, 1.82) is 0 Å². The minimum atomic E-state index is -0.832. The molecule has 0 aliphatic rings. The van der Waals surface area contributed by atoms with Crippen molar-refractivity contribution in [2.45, 2.75) is 18.5 Å². The molecular formula is C25H22F2N4O2S. The summed E-state index contributed by atoms with van der Waals surface area (Å²) >= 11 is 1.17. The second-order valence-corrected chi connectivity index (χ2v) is 8.23. The molecule has 0 spiro atoms. The Morgan fingerprint density at radius 1 is 1.03 bits per heavy atom. The molecule has 174 valence electrons. The summed E-state index contributed by atoms with van der Waals surface area (Å²) in [6, 6.07) is 20.4. The average Bonchev–Trinajstić information content (AvgIpc) is 3.23. The van der Waals surface area contributed by atoms with Crippen molar-refractivity contribution < 1.29 is 18.3 Å². The van der Waals surface area contributed by atoms with Crippen molar-refractivity contribution in [1.82, 2.24) is 14.8 Å². The number of thioether (sulfide) groups is 1. The zero-order chi connectivity index (χ0) is 23.9. The maximum Gasteiger partial charge on any atom is 0.234 e. The SMILES string of the molecule is CCOc1ccc(-n2c(Cc3ccccc3)nnc2SCC(=O)Nc2ccc(F)cc2F)cc1. The van der Waals surface area contributed by atoms with Crippen molar-refractivity contribution in [3.8, 4) is 11.4 Å². The smallest absolute Gasteiger partial charge is 0.234 e. The summed E-state index contributed by atoms with van der Waals surface area (Å²) in [5.74, 6) is -0.555. The van der Waals surface area contributed by atoms with E-state index in [1.807, 2.05) is 66.1 Å². The zero-order valence-electron chi connectivity index (χ0n) is 18.4. The lowest BCUT2D eigenvalue weighted by Gasteiger charge is -2.12. The van der Waals surface area contributed by atoms with Crippen molar-refractivity contribution in [3.05, 3.63) is 95.8 Å². The molecule has 0 saturated carbocycles. The molecule has 1 heterocycles. The molecular weight excluding hydrogens is 458 g/mol. The molecule has 0 radical (unpaired) electrons. The molecule has 0 fully saturated rings. The van der Waals surface area contributed by atoms with Crippen LogP contribution in [-0.4, -0.2) is 33.0 Å². The van der Waals surface area contributed by atoms with Crippen LogP contribution in [0.1, 0.15) is 18.3 Å². The van der Waals surface area contributed by atoms with Crippen LogP contribution in [0.25, 0.3) is 5.69 Å². The molecule has 34 heavy (non-hydrogen) atoms. The monoisotopic (exact) mass is 480 g/mol. The Hall–Kier alpha value is -3.72. The van der Waals surface area contributed by atoms with Gasteiger partial charge in [-0.1, -0.05) is 42.1 Å². The second kappa shape index (κ2) is 10.9. The van der Waals surface area contributed by atoms with Crippen LogP contribution in [0.15, 0.2) is 78.0 Å². The number of ether oxygens (including phenoxy) is 1. The predicted octanol–water partition coefficient (Wildman–Crippen LogP) is 5.27. The molecule has 0 unspecified atom stereocenters. The van der Waals surface area contributed by atoms with Crippen LogP contribution < -0.4 is 10.1 Å². The topological polar surface area (TPSA) is 69.0 Å². The molecule has 1 aromatic heterocycles. The van der Waals surface area contributed by atoms with Crippen molar-refractivity contribution in [2.75, 3.05) is 17.7 Å². The van der Waals surface area contributed by atoms with Gasteiger partial charge in [-0.15, -0.1) is 10.2 Å². The van der Waals surface area contributed by atoms with E-state index >= 15 is 0 Å². The first kappa shape index (κ1) is 23.4. The number of aromatic nitrogens is 3. The highest BCUT2D eigenvalue weighted by Gasteiger charge is 2.17. The van der Waals surface area contributed by atoms with E-state index in [9.17, 15) is 13.6 Å². The van der Waals surface area contributed by atoms with Crippen LogP contribution >= 0.6 is 11.8 Å². The van der Waals surface area contributed by atoms with Gasteiger partial charge in [0, 0.05) is 18.2 Å². The summed E-state index contributed by atoms with van der Waals surface area (Å²) in [4.78, 5) is 12.4. The number of anilines is 1. The summed E-state index contributed by atoms with van der Waals surface area (Å²) in [6.45, 7) is 2.49. The van der Waals surface area contributed by atoms with E-state index in [1.165, 1.54) is 17.8 Å². The van der Waals surface area contributed by atoms with Crippen LogP contribution in [0.3, 0.4) is 0 Å². The van der Waals surface area contributed by atoms with Gasteiger partial charge >= 0.3 is 0 Å². The van der Waals surface area contributed by atoms with Crippen LogP contribution in [0, 0.1) is 11.6 Å². The highest BCUT2D eigenvalue weighted by Crippen LogP contribution is 2.25. The number of rotatable bonds is 9. The van der Waals surface area contributed by atoms with Gasteiger partial charge in [0.2, 0.25) is 5.91 Å². The largest absolute Gasteiger partial charge is 0.494 e. The second-order valence-electron chi connectivity index (χ2n) is 7.28. The van der Waals surface area contributed by atoms with Crippen LogP contribution in [0.5, 0.6) is 5.75 Å². The maximum atomic E-state index is 13.9. The average molecular weight is 481 g/mol. The van der Waals surface area contributed by atoms with Gasteiger partial charge in [0.15, 0.2) is 5.16 Å². The molecule has 6 nitrogen and oxygen atoms in total. The van der Waals surface area contributed by atoms with Gasteiger partial charge in [-0.25, -0.2) is 8.78 Å². The number of hydrogen-bond donors (Lipinski definition) is 1. The van der Waals surface area contributed by atoms with E-state index in [1.54, 1.807) is 0 Å². The lowest BCUT2D eigenvalue weighted by molar-refractivity contribution is -0.113. The van der Waals surface area contributed by atoms with Crippen molar-refractivity contribution in [2.24, 2.45) is 0 Å². The van der Waals surface area contributed by atoms with E-state index in [0.29, 0.717) is 24.0 Å². The normalized spacial score (nSPS) is 10.8. The molecule has 4 rings (SSSR count). The molecule has 0 aliphatic carbocycles. The fraction of sp³-hybridized carbons (Fsp3) is 0.160. The van der Waals surface area contributed by atoms with Gasteiger partial charge in [-0.2, -0.15) is 0 Å². The number of nitrogens with one attached hydrogen (secondary N) is 1. The van der Waals surface area contributed by atoms with Gasteiger partial charge in [-0.3, -0.25) is 9.36 Å². The number of amides is 1. The summed E-state index contributed by atoms with van der Waals surface area (Å²) in [5.41, 5.74) is 1.82. The third-order valence-corrected chi connectivity index (χ3v) is 5.78. The van der Waals surface area contributed by atoms with Gasteiger partial charge in [0.25, 0.3) is 0 Å². The lowest BCUT2D eigenvalue weighted by Crippen LogP contribution is -2.15. The third kappa shape index (κ3) is 5.79. The lowest BCUT2D eigenvalue weighted by atomic mass is 10.1. The summed E-state index contributed by atoms with van der Waals surface area (Å²) < 4.78 is 34.4. The summed E-state index contributed by atoms with van der Waals surface area (Å²) in [5, 5.41) is 11.6. The molecule has 0 aliphatic heterocycles. The summed E-state index contributed by atoms with van der Waals surface area (Å²) in [6.07, 6.45) is 0.550. The highest BCUT2D eigenvalue weighted by atomic mass is 32.2. The number of carbonyl (C=O) groups is 1. The van der Waals surface area contributed by atoms with Gasteiger partial charge < -0.3 is 10.1 Å². The Kier molecular flexibility index (Phi) is 7.54. The number of carbonyl (C=O) groups excluding carboxylic acids is 1.